The largest absolute Gasteiger partial charge is 0.449 e. The molecule has 3 rings (SSSR count). The summed E-state index contributed by atoms with van der Waals surface area (Å²) in [4.78, 5) is 24.8. The van der Waals surface area contributed by atoms with E-state index in [2.05, 4.69) is 5.32 Å². The Morgan fingerprint density at radius 1 is 1.09 bits per heavy atom. The quantitative estimate of drug-likeness (QED) is 0.661. The van der Waals surface area contributed by atoms with Crippen molar-refractivity contribution < 1.29 is 27.1 Å². The summed E-state index contributed by atoms with van der Waals surface area (Å²) in [6.07, 6.45) is -0.205. The highest BCUT2D eigenvalue weighted by Gasteiger charge is 2.32. The number of benzene rings is 2. The Morgan fingerprint density at radius 3 is 2.41 bits per heavy atom. The highest BCUT2D eigenvalue weighted by Crippen LogP contribution is 2.27. The number of hydrogen-bond acceptors (Lipinski definition) is 5. The normalized spacial score (nSPS) is 20.4. The summed E-state index contributed by atoms with van der Waals surface area (Å²) < 4.78 is 46.1. The Labute approximate surface area is 187 Å². The van der Waals surface area contributed by atoms with E-state index in [1.54, 1.807) is 0 Å². The number of rotatable bonds is 6. The SMILES string of the molecule is CC1CC(C)CN(S(=O)(=O)c2cccc(C(=O)OC(C)C(=O)Nc3cccc(F)c3)c2)C1. The van der Waals surface area contributed by atoms with Gasteiger partial charge in [0.25, 0.3) is 5.91 Å². The van der Waals surface area contributed by atoms with Gasteiger partial charge in [0.2, 0.25) is 10.0 Å². The molecule has 0 aromatic heterocycles. The molecule has 3 atom stereocenters. The molecule has 2 aromatic carbocycles. The minimum absolute atomic E-state index is 0.00474. The molecule has 172 valence electrons. The summed E-state index contributed by atoms with van der Waals surface area (Å²) in [7, 11) is -3.76. The molecule has 0 bridgehead atoms. The summed E-state index contributed by atoms with van der Waals surface area (Å²) in [6.45, 7) is 6.27. The van der Waals surface area contributed by atoms with E-state index in [0.717, 1.165) is 12.5 Å². The van der Waals surface area contributed by atoms with Gasteiger partial charge < -0.3 is 10.1 Å². The van der Waals surface area contributed by atoms with Crippen LogP contribution in [0.3, 0.4) is 0 Å². The van der Waals surface area contributed by atoms with Crippen molar-refractivity contribution in [3.63, 3.8) is 0 Å². The number of piperidine rings is 1. The van der Waals surface area contributed by atoms with E-state index in [-0.39, 0.29) is 28.0 Å². The first-order valence-corrected chi connectivity index (χ1v) is 11.9. The molecule has 0 saturated carbocycles. The Hall–Kier alpha value is -2.78. The number of carbonyl (C=O) groups is 2. The number of hydrogen-bond donors (Lipinski definition) is 1. The fourth-order valence-corrected chi connectivity index (χ4v) is 5.55. The topological polar surface area (TPSA) is 92.8 Å². The number of carbonyl (C=O) groups excluding carboxylic acids is 2. The van der Waals surface area contributed by atoms with E-state index in [0.29, 0.717) is 13.1 Å². The molecule has 0 spiro atoms. The van der Waals surface area contributed by atoms with Gasteiger partial charge in [0.05, 0.1) is 10.5 Å². The molecule has 1 heterocycles. The lowest BCUT2D eigenvalue weighted by molar-refractivity contribution is -0.123. The number of amides is 1. The molecule has 1 amide bonds. The first-order valence-electron chi connectivity index (χ1n) is 10.4. The standard InChI is InChI=1S/C23H27FN2O5S/c1-15-10-16(2)14-26(13-15)32(29,30)21-9-4-6-18(11-21)23(28)31-17(3)22(27)25-20-8-5-7-19(24)12-20/h4-9,11-12,15-17H,10,13-14H2,1-3H3,(H,25,27). The Balaban J connectivity index is 1.70. The van der Waals surface area contributed by atoms with Crippen LogP contribution in [0.5, 0.6) is 0 Å². The maximum Gasteiger partial charge on any atom is 0.338 e. The van der Waals surface area contributed by atoms with Crippen molar-refractivity contribution in [2.45, 2.75) is 38.2 Å². The molecule has 2 aromatic rings. The second kappa shape index (κ2) is 9.79. The third-order valence-electron chi connectivity index (χ3n) is 5.29. The van der Waals surface area contributed by atoms with E-state index >= 15 is 0 Å². The Kier molecular flexibility index (Phi) is 7.30. The minimum Gasteiger partial charge on any atom is -0.449 e. The molecule has 32 heavy (non-hydrogen) atoms. The van der Waals surface area contributed by atoms with Crippen molar-refractivity contribution in [2.24, 2.45) is 11.8 Å². The molecule has 7 nitrogen and oxygen atoms in total. The third-order valence-corrected chi connectivity index (χ3v) is 7.12. The molecule has 1 N–H and O–H groups in total. The number of nitrogens with zero attached hydrogens (tertiary/aromatic N) is 1. The zero-order valence-corrected chi connectivity index (χ0v) is 19.1. The van der Waals surface area contributed by atoms with Gasteiger partial charge in [-0.15, -0.1) is 0 Å². The highest BCUT2D eigenvalue weighted by atomic mass is 32.2. The lowest BCUT2D eigenvalue weighted by Crippen LogP contribution is -2.42. The van der Waals surface area contributed by atoms with Crippen LogP contribution >= 0.6 is 0 Å². The van der Waals surface area contributed by atoms with Gasteiger partial charge in [0.15, 0.2) is 6.10 Å². The predicted molar refractivity (Wildman–Crippen MR) is 118 cm³/mol. The van der Waals surface area contributed by atoms with Crippen LogP contribution in [0.1, 0.15) is 37.6 Å². The second-order valence-electron chi connectivity index (χ2n) is 8.34. The van der Waals surface area contributed by atoms with Crippen molar-refractivity contribution in [1.29, 1.82) is 0 Å². The smallest absolute Gasteiger partial charge is 0.338 e. The van der Waals surface area contributed by atoms with Crippen LogP contribution in [0, 0.1) is 17.7 Å². The van der Waals surface area contributed by atoms with Crippen LogP contribution in [-0.4, -0.2) is 43.8 Å². The number of nitrogens with one attached hydrogen (secondary N) is 1. The zero-order chi connectivity index (χ0) is 23.5. The molecule has 1 fully saturated rings. The maximum atomic E-state index is 13.3. The van der Waals surface area contributed by atoms with Crippen molar-refractivity contribution >= 4 is 27.6 Å². The number of ether oxygens (including phenoxy) is 1. The molecule has 1 saturated heterocycles. The number of sulfonamides is 1. The van der Waals surface area contributed by atoms with Crippen molar-refractivity contribution in [3.05, 3.63) is 59.9 Å². The van der Waals surface area contributed by atoms with E-state index in [1.165, 1.54) is 53.7 Å². The van der Waals surface area contributed by atoms with Crippen LogP contribution in [-0.2, 0) is 19.6 Å². The van der Waals surface area contributed by atoms with Crippen molar-refractivity contribution in [2.75, 3.05) is 18.4 Å². The van der Waals surface area contributed by atoms with E-state index < -0.39 is 33.8 Å². The van der Waals surface area contributed by atoms with Crippen LogP contribution < -0.4 is 5.32 Å². The van der Waals surface area contributed by atoms with Crippen LogP contribution in [0.25, 0.3) is 0 Å². The van der Waals surface area contributed by atoms with Crippen molar-refractivity contribution in [3.8, 4) is 0 Å². The lowest BCUT2D eigenvalue weighted by atomic mass is 9.94. The van der Waals surface area contributed by atoms with Gasteiger partial charge >= 0.3 is 5.97 Å². The third kappa shape index (κ3) is 5.72. The fraction of sp³-hybridized carbons (Fsp3) is 0.391. The van der Waals surface area contributed by atoms with Gasteiger partial charge in [-0.1, -0.05) is 26.0 Å². The molecule has 0 aliphatic carbocycles. The van der Waals surface area contributed by atoms with Gasteiger partial charge in [-0.25, -0.2) is 17.6 Å². The second-order valence-corrected chi connectivity index (χ2v) is 10.3. The van der Waals surface area contributed by atoms with Crippen LogP contribution in [0.4, 0.5) is 10.1 Å². The molecular formula is C23H27FN2O5S. The van der Waals surface area contributed by atoms with Crippen LogP contribution in [0.15, 0.2) is 53.4 Å². The lowest BCUT2D eigenvalue weighted by Gasteiger charge is -2.34. The van der Waals surface area contributed by atoms with Gasteiger partial charge in [-0.05, 0) is 61.6 Å². The van der Waals surface area contributed by atoms with Crippen molar-refractivity contribution in [1.82, 2.24) is 4.31 Å². The molecule has 1 aliphatic rings. The first kappa shape index (κ1) is 23.9. The minimum atomic E-state index is -3.76. The molecule has 3 unspecified atom stereocenters. The van der Waals surface area contributed by atoms with Gasteiger partial charge in [0, 0.05) is 18.8 Å². The average Bonchev–Trinajstić information content (AvgIpc) is 2.73. The van der Waals surface area contributed by atoms with Gasteiger partial charge in [-0.3, -0.25) is 4.79 Å². The van der Waals surface area contributed by atoms with E-state index in [9.17, 15) is 22.4 Å². The fourth-order valence-electron chi connectivity index (χ4n) is 3.83. The summed E-state index contributed by atoms with van der Waals surface area (Å²) in [5, 5.41) is 2.47. The van der Waals surface area contributed by atoms with E-state index in [4.69, 9.17) is 4.74 Å². The molecular weight excluding hydrogens is 435 g/mol. The summed E-state index contributed by atoms with van der Waals surface area (Å²) in [5.74, 6) is -1.48. The number of halogens is 1. The highest BCUT2D eigenvalue weighted by molar-refractivity contribution is 7.89. The maximum absolute atomic E-state index is 13.3. The number of esters is 1. The Bertz CT molecular complexity index is 1100. The number of anilines is 1. The predicted octanol–water partition coefficient (Wildman–Crippen LogP) is 3.68. The molecule has 9 heteroatoms. The van der Waals surface area contributed by atoms with Crippen LogP contribution in [0.2, 0.25) is 0 Å². The van der Waals surface area contributed by atoms with E-state index in [1.807, 2.05) is 13.8 Å². The average molecular weight is 463 g/mol. The van der Waals surface area contributed by atoms with Gasteiger partial charge in [-0.2, -0.15) is 4.31 Å². The zero-order valence-electron chi connectivity index (χ0n) is 18.2. The summed E-state index contributed by atoms with van der Waals surface area (Å²) in [6, 6.07) is 10.9. The first-order chi connectivity index (χ1) is 15.1. The molecule has 0 radical (unpaired) electrons. The summed E-state index contributed by atoms with van der Waals surface area (Å²) in [5.41, 5.74) is 0.255. The van der Waals surface area contributed by atoms with Gasteiger partial charge in [0.1, 0.15) is 5.82 Å². The molecule has 1 aliphatic heterocycles. The monoisotopic (exact) mass is 462 g/mol. The summed E-state index contributed by atoms with van der Waals surface area (Å²) >= 11 is 0. The Morgan fingerprint density at radius 2 is 1.75 bits per heavy atom.